The molecule has 1 heterocycles. The molecule has 0 saturated carbocycles. The maximum atomic E-state index is 10.5. The molecule has 0 aliphatic heterocycles. The Labute approximate surface area is 120 Å². The molecule has 0 aliphatic rings. The van der Waals surface area contributed by atoms with Crippen LogP contribution in [-0.2, 0) is 0 Å². The average Bonchev–Trinajstić information content (AvgIpc) is 2.38. The molecule has 0 saturated heterocycles. The fourth-order valence-electron chi connectivity index (χ4n) is 2.17. The molecule has 0 radical (unpaired) electrons. The Kier molecular flexibility index (Phi) is 4.40. The van der Waals surface area contributed by atoms with Crippen molar-refractivity contribution in [2.75, 3.05) is 0 Å². The summed E-state index contributed by atoms with van der Waals surface area (Å²) in [7, 11) is 0. The van der Waals surface area contributed by atoms with E-state index in [1.54, 1.807) is 0 Å². The third-order valence-electron chi connectivity index (χ3n) is 3.13. The lowest BCUT2D eigenvalue weighted by atomic mass is 10.00. The quantitative estimate of drug-likeness (QED) is 0.924. The van der Waals surface area contributed by atoms with Crippen molar-refractivity contribution in [3.8, 4) is 5.75 Å². The maximum absolute atomic E-state index is 10.5. The van der Waals surface area contributed by atoms with Gasteiger partial charge in [0, 0.05) is 17.0 Å². The fourth-order valence-corrected chi connectivity index (χ4v) is 2.17. The van der Waals surface area contributed by atoms with E-state index in [0.29, 0.717) is 0 Å². The number of pyridine rings is 1. The number of hydrogen-bond donors (Lipinski definition) is 1. The van der Waals surface area contributed by atoms with Crippen LogP contribution in [0.5, 0.6) is 5.75 Å². The Balaban J connectivity index is 2.22. The molecular formula is C17H21NO2. The van der Waals surface area contributed by atoms with Crippen molar-refractivity contribution in [2.24, 2.45) is 0 Å². The summed E-state index contributed by atoms with van der Waals surface area (Å²) in [6.45, 7) is 7.84. The zero-order chi connectivity index (χ0) is 14.7. The standard InChI is InChI=1S/C17H21NO2/c1-11(2)20-15-8-6-14(7-9-15)17(19)16-10-5-12(3)18-13(16)4/h5-11,17,19H,1-4H3. The van der Waals surface area contributed by atoms with Gasteiger partial charge in [-0.1, -0.05) is 18.2 Å². The molecule has 1 aromatic carbocycles. The topological polar surface area (TPSA) is 42.4 Å². The van der Waals surface area contributed by atoms with Crippen LogP contribution in [-0.4, -0.2) is 16.2 Å². The van der Waals surface area contributed by atoms with Gasteiger partial charge in [0.1, 0.15) is 11.9 Å². The van der Waals surface area contributed by atoms with Gasteiger partial charge in [0.05, 0.1) is 6.10 Å². The van der Waals surface area contributed by atoms with Gasteiger partial charge in [-0.2, -0.15) is 0 Å². The zero-order valence-corrected chi connectivity index (χ0v) is 12.4. The molecule has 2 rings (SSSR count). The monoisotopic (exact) mass is 271 g/mol. The Morgan fingerprint density at radius 2 is 1.65 bits per heavy atom. The number of benzene rings is 1. The summed E-state index contributed by atoms with van der Waals surface area (Å²) in [5.41, 5.74) is 3.50. The maximum Gasteiger partial charge on any atom is 0.119 e. The molecular weight excluding hydrogens is 250 g/mol. The first-order valence-corrected chi connectivity index (χ1v) is 6.86. The number of aliphatic hydroxyl groups is 1. The van der Waals surface area contributed by atoms with Crippen LogP contribution in [0.3, 0.4) is 0 Å². The highest BCUT2D eigenvalue weighted by Crippen LogP contribution is 2.26. The highest BCUT2D eigenvalue weighted by atomic mass is 16.5. The Hall–Kier alpha value is -1.87. The lowest BCUT2D eigenvalue weighted by Gasteiger charge is -2.15. The molecule has 3 nitrogen and oxygen atoms in total. The summed E-state index contributed by atoms with van der Waals surface area (Å²) in [6, 6.07) is 11.4. The van der Waals surface area contributed by atoms with Crippen molar-refractivity contribution in [3.05, 3.63) is 58.9 Å². The summed E-state index contributed by atoms with van der Waals surface area (Å²) in [5, 5.41) is 10.5. The molecule has 0 spiro atoms. The average molecular weight is 271 g/mol. The second-order valence-corrected chi connectivity index (χ2v) is 5.27. The molecule has 0 aliphatic carbocycles. The third-order valence-corrected chi connectivity index (χ3v) is 3.13. The molecule has 1 atom stereocenters. The highest BCUT2D eigenvalue weighted by Gasteiger charge is 2.14. The number of aryl methyl sites for hydroxylation is 2. The minimum atomic E-state index is -0.656. The summed E-state index contributed by atoms with van der Waals surface area (Å²) >= 11 is 0. The van der Waals surface area contributed by atoms with E-state index in [4.69, 9.17) is 4.74 Å². The lowest BCUT2D eigenvalue weighted by molar-refractivity contribution is 0.218. The van der Waals surface area contributed by atoms with Crippen LogP contribution >= 0.6 is 0 Å². The van der Waals surface area contributed by atoms with Gasteiger partial charge in [0.25, 0.3) is 0 Å². The first-order chi connectivity index (χ1) is 9.47. The minimum Gasteiger partial charge on any atom is -0.491 e. The number of nitrogens with zero attached hydrogens (tertiary/aromatic N) is 1. The van der Waals surface area contributed by atoms with E-state index in [1.165, 1.54) is 0 Å². The first-order valence-electron chi connectivity index (χ1n) is 6.86. The third kappa shape index (κ3) is 3.36. The molecule has 2 aromatic rings. The molecule has 20 heavy (non-hydrogen) atoms. The van der Waals surface area contributed by atoms with Crippen molar-refractivity contribution in [1.82, 2.24) is 4.98 Å². The smallest absolute Gasteiger partial charge is 0.119 e. The first kappa shape index (κ1) is 14.5. The minimum absolute atomic E-state index is 0.148. The molecule has 0 amide bonds. The van der Waals surface area contributed by atoms with Crippen LogP contribution in [0.4, 0.5) is 0 Å². The van der Waals surface area contributed by atoms with E-state index >= 15 is 0 Å². The Bertz CT molecular complexity index is 576. The highest BCUT2D eigenvalue weighted by molar-refractivity contribution is 5.36. The summed E-state index contributed by atoms with van der Waals surface area (Å²) < 4.78 is 5.60. The summed E-state index contributed by atoms with van der Waals surface area (Å²) in [4.78, 5) is 4.39. The second kappa shape index (κ2) is 6.06. The van der Waals surface area contributed by atoms with Crippen LogP contribution in [0.15, 0.2) is 36.4 Å². The van der Waals surface area contributed by atoms with E-state index in [9.17, 15) is 5.11 Å². The molecule has 106 valence electrons. The predicted molar refractivity (Wildman–Crippen MR) is 80.0 cm³/mol. The predicted octanol–water partition coefficient (Wildman–Crippen LogP) is 3.57. The van der Waals surface area contributed by atoms with Crippen molar-refractivity contribution in [3.63, 3.8) is 0 Å². The Morgan fingerprint density at radius 1 is 1.00 bits per heavy atom. The number of hydrogen-bond acceptors (Lipinski definition) is 3. The van der Waals surface area contributed by atoms with E-state index in [-0.39, 0.29) is 6.10 Å². The van der Waals surface area contributed by atoms with Gasteiger partial charge in [0.2, 0.25) is 0 Å². The summed E-state index contributed by atoms with van der Waals surface area (Å²) in [5.74, 6) is 0.815. The van der Waals surface area contributed by atoms with Gasteiger partial charge in [0.15, 0.2) is 0 Å². The van der Waals surface area contributed by atoms with Gasteiger partial charge in [-0.05, 0) is 51.5 Å². The zero-order valence-electron chi connectivity index (χ0n) is 12.4. The van der Waals surface area contributed by atoms with Crippen molar-refractivity contribution < 1.29 is 9.84 Å². The molecule has 1 unspecified atom stereocenters. The van der Waals surface area contributed by atoms with Gasteiger partial charge < -0.3 is 9.84 Å². The van der Waals surface area contributed by atoms with Crippen LogP contribution in [0.1, 0.15) is 42.5 Å². The normalized spacial score (nSPS) is 12.5. The largest absolute Gasteiger partial charge is 0.491 e. The molecule has 1 aromatic heterocycles. The fraction of sp³-hybridized carbons (Fsp3) is 0.353. The van der Waals surface area contributed by atoms with Crippen molar-refractivity contribution >= 4 is 0 Å². The van der Waals surface area contributed by atoms with Gasteiger partial charge in [-0.15, -0.1) is 0 Å². The van der Waals surface area contributed by atoms with Crippen LogP contribution in [0, 0.1) is 13.8 Å². The lowest BCUT2D eigenvalue weighted by Crippen LogP contribution is -2.06. The number of rotatable bonds is 4. The van der Waals surface area contributed by atoms with Crippen molar-refractivity contribution in [2.45, 2.75) is 39.9 Å². The van der Waals surface area contributed by atoms with Gasteiger partial charge in [-0.25, -0.2) is 0 Å². The van der Waals surface area contributed by atoms with Crippen LogP contribution in [0.25, 0.3) is 0 Å². The molecule has 0 bridgehead atoms. The number of aliphatic hydroxyl groups excluding tert-OH is 1. The van der Waals surface area contributed by atoms with E-state index in [1.807, 2.05) is 64.1 Å². The second-order valence-electron chi connectivity index (χ2n) is 5.27. The van der Waals surface area contributed by atoms with Crippen molar-refractivity contribution in [1.29, 1.82) is 0 Å². The Morgan fingerprint density at radius 3 is 2.20 bits per heavy atom. The van der Waals surface area contributed by atoms with Crippen LogP contribution < -0.4 is 4.74 Å². The molecule has 0 fully saturated rings. The van der Waals surface area contributed by atoms with E-state index < -0.39 is 6.10 Å². The van der Waals surface area contributed by atoms with Crippen LogP contribution in [0.2, 0.25) is 0 Å². The number of aromatic nitrogens is 1. The number of ether oxygens (including phenoxy) is 1. The molecule has 1 N–H and O–H groups in total. The SMILES string of the molecule is Cc1ccc(C(O)c2ccc(OC(C)C)cc2)c(C)n1. The molecule has 3 heteroatoms. The van der Waals surface area contributed by atoms with E-state index in [2.05, 4.69) is 4.98 Å². The van der Waals surface area contributed by atoms with E-state index in [0.717, 1.165) is 28.3 Å². The van der Waals surface area contributed by atoms with Gasteiger partial charge >= 0.3 is 0 Å². The summed E-state index contributed by atoms with van der Waals surface area (Å²) in [6.07, 6.45) is -0.509. The van der Waals surface area contributed by atoms with Gasteiger partial charge in [-0.3, -0.25) is 4.98 Å².